The number of carbonyl (C=O) groups excluding carboxylic acids is 1. The molecule has 0 saturated carbocycles. The fourth-order valence-electron chi connectivity index (χ4n) is 5.12. The quantitative estimate of drug-likeness (QED) is 0.343. The molecule has 3 aromatic rings. The number of carbonyl (C=O) groups is 1. The monoisotopic (exact) mass is 516 g/mol. The van der Waals surface area contributed by atoms with Crippen molar-refractivity contribution in [2.75, 3.05) is 0 Å². The molecule has 6 rings (SSSR count). The Kier molecular flexibility index (Phi) is 3.83. The van der Waals surface area contributed by atoms with Crippen LogP contribution in [0.25, 0.3) is 16.7 Å². The third kappa shape index (κ3) is 2.28. The first-order chi connectivity index (χ1) is 14.1. The second kappa shape index (κ2) is 6.24. The lowest BCUT2D eigenvalue weighted by Crippen LogP contribution is -2.42. The molecule has 0 N–H and O–H groups in total. The minimum atomic E-state index is -0.788. The van der Waals surface area contributed by atoms with Crippen LogP contribution < -0.4 is 5.19 Å². The van der Waals surface area contributed by atoms with E-state index in [1.165, 1.54) is 21.9 Å². The van der Waals surface area contributed by atoms with E-state index in [9.17, 15) is 4.79 Å². The van der Waals surface area contributed by atoms with Crippen LogP contribution in [0.2, 0.25) is 6.04 Å². The Labute approximate surface area is 188 Å². The van der Waals surface area contributed by atoms with Gasteiger partial charge in [0.1, 0.15) is 5.41 Å². The largest absolute Gasteiger partial charge is 0.293 e. The van der Waals surface area contributed by atoms with Crippen molar-refractivity contribution in [1.29, 1.82) is 0 Å². The van der Waals surface area contributed by atoms with Crippen molar-refractivity contribution < 1.29 is 4.79 Å². The van der Waals surface area contributed by atoms with E-state index in [2.05, 4.69) is 98.6 Å². The molecule has 0 atom stereocenters. The van der Waals surface area contributed by atoms with Gasteiger partial charge in [0.05, 0.1) is 9.52 Å². The fourth-order valence-corrected chi connectivity index (χ4v) is 7.13. The second-order valence-corrected chi connectivity index (χ2v) is 10.7. The zero-order valence-corrected chi connectivity index (χ0v) is 19.5. The summed E-state index contributed by atoms with van der Waals surface area (Å²) in [5, 5.41) is 1.36. The maximum absolute atomic E-state index is 13.9. The Balaban J connectivity index is 1.81. The van der Waals surface area contributed by atoms with Crippen LogP contribution in [-0.2, 0) is 10.2 Å². The fraction of sp³-hybridized carbons (Fsp3) is 0.0800. The van der Waals surface area contributed by atoms with Crippen molar-refractivity contribution >= 4 is 57.9 Å². The number of rotatable bonds is 0. The van der Waals surface area contributed by atoms with Gasteiger partial charge in [-0.3, -0.25) is 4.79 Å². The van der Waals surface area contributed by atoms with Crippen molar-refractivity contribution in [2.24, 2.45) is 0 Å². The third-order valence-electron chi connectivity index (χ3n) is 6.23. The topological polar surface area (TPSA) is 17.1 Å². The van der Waals surface area contributed by atoms with E-state index in [0.29, 0.717) is 0 Å². The molecule has 2 radical (unpaired) electrons. The molecule has 1 spiro atoms. The van der Waals surface area contributed by atoms with Gasteiger partial charge in [-0.25, -0.2) is 0 Å². The first kappa shape index (κ1) is 17.8. The molecule has 3 aliphatic rings. The Morgan fingerprint density at radius 3 is 2.14 bits per heavy atom. The van der Waals surface area contributed by atoms with Gasteiger partial charge in [-0.05, 0) is 75.3 Å². The highest BCUT2D eigenvalue weighted by Gasteiger charge is 2.53. The number of ketones is 1. The lowest BCUT2D eigenvalue weighted by Gasteiger charge is -2.39. The van der Waals surface area contributed by atoms with Crippen LogP contribution in [0.3, 0.4) is 0 Å². The predicted octanol–water partition coefficient (Wildman–Crippen LogP) is 5.83. The zero-order chi connectivity index (χ0) is 19.8. The summed E-state index contributed by atoms with van der Waals surface area (Å²) in [5.41, 5.74) is 7.38. The first-order valence-corrected chi connectivity index (χ1v) is 12.3. The molecule has 1 nitrogen and oxygen atoms in total. The van der Waals surface area contributed by atoms with E-state index in [4.69, 9.17) is 0 Å². The van der Waals surface area contributed by atoms with Gasteiger partial charge in [0.15, 0.2) is 5.78 Å². The predicted molar refractivity (Wildman–Crippen MR) is 126 cm³/mol. The number of benzene rings is 3. The Morgan fingerprint density at radius 1 is 0.793 bits per heavy atom. The van der Waals surface area contributed by atoms with Crippen molar-refractivity contribution in [2.45, 2.75) is 11.5 Å². The van der Waals surface area contributed by atoms with Crippen LogP contribution in [0.5, 0.6) is 0 Å². The summed E-state index contributed by atoms with van der Waals surface area (Å²) >= 11 is 7.32. The molecule has 1 heterocycles. The van der Waals surface area contributed by atoms with E-state index in [1.54, 1.807) is 6.08 Å². The van der Waals surface area contributed by atoms with Gasteiger partial charge >= 0.3 is 0 Å². The molecule has 2 aliphatic carbocycles. The minimum absolute atomic E-state index is 0.146. The molecular weight excluding hydrogens is 504 g/mol. The Hall–Kier alpha value is -2.01. The molecule has 0 amide bonds. The van der Waals surface area contributed by atoms with E-state index in [1.807, 2.05) is 0 Å². The first-order valence-electron chi connectivity index (χ1n) is 9.50. The van der Waals surface area contributed by atoms with Crippen LogP contribution in [0.4, 0.5) is 0 Å². The summed E-state index contributed by atoms with van der Waals surface area (Å²) in [6.45, 7) is 0. The molecule has 0 bridgehead atoms. The van der Waals surface area contributed by atoms with Crippen LogP contribution >= 0.6 is 31.9 Å². The van der Waals surface area contributed by atoms with E-state index >= 15 is 0 Å². The molecular formula is C25H14Br2OSi. The average molecular weight is 518 g/mol. The molecule has 138 valence electrons. The maximum Gasteiger partial charge on any atom is 0.175 e. The third-order valence-corrected chi connectivity index (χ3v) is 8.59. The average Bonchev–Trinajstić information content (AvgIpc) is 3.00. The smallest absolute Gasteiger partial charge is 0.175 e. The lowest BCUT2D eigenvalue weighted by molar-refractivity contribution is -0.116. The summed E-state index contributed by atoms with van der Waals surface area (Å²) in [6, 6.07) is 22.3. The highest BCUT2D eigenvalue weighted by molar-refractivity contribution is 9.10. The number of fused-ring (bicyclic) bond motifs is 8. The highest BCUT2D eigenvalue weighted by Crippen LogP contribution is 2.59. The van der Waals surface area contributed by atoms with Crippen LogP contribution in [0.1, 0.15) is 16.7 Å². The Bertz CT molecular complexity index is 1250. The molecule has 1 aliphatic heterocycles. The summed E-state index contributed by atoms with van der Waals surface area (Å²) < 4.78 is 2.00. The van der Waals surface area contributed by atoms with Crippen molar-refractivity contribution in [3.8, 4) is 11.1 Å². The van der Waals surface area contributed by atoms with Crippen molar-refractivity contribution in [3.63, 3.8) is 0 Å². The molecule has 0 fully saturated rings. The van der Waals surface area contributed by atoms with Gasteiger partial charge in [0.2, 0.25) is 0 Å². The number of halogens is 2. The summed E-state index contributed by atoms with van der Waals surface area (Å²) in [4.78, 5) is 13.9. The number of allylic oxidation sites excluding steroid dienone is 4. The zero-order valence-electron chi connectivity index (χ0n) is 15.3. The second-order valence-electron chi connectivity index (χ2n) is 7.63. The normalized spacial score (nSPS) is 17.8. The van der Waals surface area contributed by atoms with Crippen molar-refractivity contribution in [3.05, 3.63) is 104 Å². The SMILES string of the molecule is O=C1C=CC2=C(c3ccccc3[Si]C2)C12c1cc(Br)ccc1-c1ccc(Br)cc12. The Morgan fingerprint density at radius 2 is 1.45 bits per heavy atom. The van der Waals surface area contributed by atoms with Gasteiger partial charge in [0.25, 0.3) is 0 Å². The molecule has 0 aromatic heterocycles. The molecule has 0 unspecified atom stereocenters. The van der Waals surface area contributed by atoms with E-state index < -0.39 is 5.41 Å². The molecule has 4 heteroatoms. The van der Waals surface area contributed by atoms with Gasteiger partial charge < -0.3 is 0 Å². The summed E-state index contributed by atoms with van der Waals surface area (Å²) in [7, 11) is 0.736. The van der Waals surface area contributed by atoms with E-state index in [0.717, 1.165) is 46.8 Å². The molecule has 3 aromatic carbocycles. The van der Waals surface area contributed by atoms with Crippen LogP contribution in [0, 0.1) is 0 Å². The van der Waals surface area contributed by atoms with Crippen molar-refractivity contribution in [1.82, 2.24) is 0 Å². The minimum Gasteiger partial charge on any atom is -0.293 e. The maximum atomic E-state index is 13.9. The lowest BCUT2D eigenvalue weighted by atomic mass is 9.63. The van der Waals surface area contributed by atoms with Crippen LogP contribution in [0.15, 0.2) is 87.3 Å². The van der Waals surface area contributed by atoms with Gasteiger partial charge in [-0.1, -0.05) is 79.5 Å². The molecule has 0 saturated heterocycles. The highest BCUT2D eigenvalue weighted by atomic mass is 79.9. The van der Waals surface area contributed by atoms with Crippen LogP contribution in [-0.4, -0.2) is 15.3 Å². The number of hydrogen-bond acceptors (Lipinski definition) is 1. The summed E-state index contributed by atoms with van der Waals surface area (Å²) in [6.07, 6.45) is 3.86. The molecule has 29 heavy (non-hydrogen) atoms. The van der Waals surface area contributed by atoms with Gasteiger partial charge in [-0.15, -0.1) is 0 Å². The summed E-state index contributed by atoms with van der Waals surface area (Å²) in [5.74, 6) is 0.146. The van der Waals surface area contributed by atoms with E-state index in [-0.39, 0.29) is 5.78 Å². The number of hydrogen-bond donors (Lipinski definition) is 0. The van der Waals surface area contributed by atoms with Gasteiger partial charge in [-0.2, -0.15) is 0 Å². The van der Waals surface area contributed by atoms with Gasteiger partial charge in [0, 0.05) is 8.95 Å². The standard InChI is InChI=1S/C25H14Br2OSi/c26-15-6-8-17-18-9-7-16(27)12-21(18)25(20(17)11-15)23(28)10-5-14-13-29-22-4-2-1-3-19(22)24(14)25/h1-12H,13H2.